The lowest BCUT2D eigenvalue weighted by Gasteiger charge is -2.33. The molecule has 2 heterocycles. The molecule has 0 spiro atoms. The molecular formula is C27H26Cl2N4O2. The van der Waals surface area contributed by atoms with E-state index in [0.29, 0.717) is 27.3 Å². The zero-order chi connectivity index (χ0) is 24.5. The summed E-state index contributed by atoms with van der Waals surface area (Å²) >= 11 is 12.5. The molecule has 3 aromatic rings. The van der Waals surface area contributed by atoms with Gasteiger partial charge < -0.3 is 9.64 Å². The van der Waals surface area contributed by atoms with Crippen LogP contribution in [0.2, 0.25) is 10.0 Å². The van der Waals surface area contributed by atoms with Crippen molar-refractivity contribution in [2.45, 2.75) is 25.9 Å². The van der Waals surface area contributed by atoms with Gasteiger partial charge in [-0.15, -0.1) is 5.10 Å². The number of carbonyl (C=O) groups excluding carboxylic acids is 1. The largest absolute Gasteiger partial charge is 0.496 e. The van der Waals surface area contributed by atoms with Gasteiger partial charge in [-0.2, -0.15) is 0 Å². The SMILES string of the molecule is COc1ccccc1[C@@H]1N(c2ccc(Cl)c(Cl)c2)N=C(C(C)=O)N1c1ccc(N2CCCC2)cc1. The average molecular weight is 509 g/mol. The van der Waals surface area contributed by atoms with Crippen LogP contribution in [0.4, 0.5) is 17.1 Å². The molecule has 2 aliphatic heterocycles. The van der Waals surface area contributed by atoms with Crippen molar-refractivity contribution in [3.8, 4) is 5.75 Å². The Bertz CT molecular complexity index is 1270. The minimum Gasteiger partial charge on any atom is -0.496 e. The Labute approximate surface area is 215 Å². The summed E-state index contributed by atoms with van der Waals surface area (Å²) in [4.78, 5) is 17.2. The maximum absolute atomic E-state index is 12.8. The van der Waals surface area contributed by atoms with E-state index >= 15 is 0 Å². The quantitative estimate of drug-likeness (QED) is 0.378. The smallest absolute Gasteiger partial charge is 0.198 e. The Morgan fingerprint density at radius 3 is 2.23 bits per heavy atom. The number of nitrogens with zero attached hydrogens (tertiary/aromatic N) is 4. The van der Waals surface area contributed by atoms with Crippen LogP contribution in [0.15, 0.2) is 71.8 Å². The van der Waals surface area contributed by atoms with Gasteiger partial charge in [0.1, 0.15) is 5.75 Å². The minimum atomic E-state index is -0.472. The number of ether oxygens (including phenoxy) is 1. The zero-order valence-corrected chi connectivity index (χ0v) is 21.1. The van der Waals surface area contributed by atoms with Crippen molar-refractivity contribution in [3.63, 3.8) is 0 Å². The topological polar surface area (TPSA) is 48.4 Å². The Kier molecular flexibility index (Phi) is 6.58. The van der Waals surface area contributed by atoms with Gasteiger partial charge in [-0.05, 0) is 61.4 Å². The predicted octanol–water partition coefficient (Wildman–Crippen LogP) is 6.53. The summed E-state index contributed by atoms with van der Waals surface area (Å²) in [7, 11) is 1.64. The molecule has 1 atom stereocenters. The molecule has 0 radical (unpaired) electrons. The second-order valence-electron chi connectivity index (χ2n) is 8.62. The molecule has 0 unspecified atom stereocenters. The van der Waals surface area contributed by atoms with Gasteiger partial charge in [-0.3, -0.25) is 9.69 Å². The molecule has 0 aliphatic carbocycles. The third kappa shape index (κ3) is 4.44. The number of halogens is 2. The monoisotopic (exact) mass is 508 g/mol. The molecule has 180 valence electrons. The Hall–Kier alpha value is -3.22. The van der Waals surface area contributed by atoms with Crippen molar-refractivity contribution >= 4 is 51.9 Å². The molecular weight excluding hydrogens is 483 g/mol. The number of methoxy groups -OCH3 is 1. The highest BCUT2D eigenvalue weighted by Gasteiger charge is 2.40. The second-order valence-corrected chi connectivity index (χ2v) is 9.43. The van der Waals surface area contributed by atoms with Gasteiger partial charge in [0.25, 0.3) is 0 Å². The highest BCUT2D eigenvalue weighted by molar-refractivity contribution is 6.44. The van der Waals surface area contributed by atoms with E-state index in [1.165, 1.54) is 25.5 Å². The number of Topliss-reactive ketones (excluding diaryl/α,β-unsaturated/α-hetero) is 1. The number of rotatable bonds is 6. The van der Waals surface area contributed by atoms with E-state index in [1.54, 1.807) is 24.3 Å². The maximum atomic E-state index is 12.8. The molecule has 0 aromatic heterocycles. The molecule has 8 heteroatoms. The molecule has 0 N–H and O–H groups in total. The Morgan fingerprint density at radius 2 is 1.57 bits per heavy atom. The number of hydrogen-bond acceptors (Lipinski definition) is 6. The summed E-state index contributed by atoms with van der Waals surface area (Å²) in [6.07, 6.45) is 1.95. The van der Waals surface area contributed by atoms with Gasteiger partial charge in [0.05, 0.1) is 22.8 Å². The van der Waals surface area contributed by atoms with Crippen molar-refractivity contribution in [1.82, 2.24) is 0 Å². The van der Waals surface area contributed by atoms with Crippen LogP contribution in [0.5, 0.6) is 5.75 Å². The van der Waals surface area contributed by atoms with Crippen LogP contribution in [-0.2, 0) is 4.79 Å². The third-order valence-electron chi connectivity index (χ3n) is 6.41. The fraction of sp³-hybridized carbons (Fsp3) is 0.259. The van der Waals surface area contributed by atoms with Gasteiger partial charge in [0.15, 0.2) is 17.8 Å². The summed E-state index contributed by atoms with van der Waals surface area (Å²) in [5, 5.41) is 7.44. The van der Waals surface area contributed by atoms with Gasteiger partial charge in [-0.1, -0.05) is 41.4 Å². The van der Waals surface area contributed by atoms with E-state index in [-0.39, 0.29) is 5.78 Å². The fourth-order valence-electron chi connectivity index (χ4n) is 4.71. The second kappa shape index (κ2) is 9.80. The first-order valence-electron chi connectivity index (χ1n) is 11.6. The zero-order valence-electron chi connectivity index (χ0n) is 19.6. The van der Waals surface area contributed by atoms with Crippen molar-refractivity contribution in [2.24, 2.45) is 5.10 Å². The van der Waals surface area contributed by atoms with Crippen LogP contribution in [0.25, 0.3) is 0 Å². The first kappa shape index (κ1) is 23.5. The maximum Gasteiger partial charge on any atom is 0.198 e. The average Bonchev–Trinajstić information content (AvgIpc) is 3.54. The van der Waals surface area contributed by atoms with Gasteiger partial charge in [-0.25, -0.2) is 5.01 Å². The van der Waals surface area contributed by atoms with E-state index in [2.05, 4.69) is 17.0 Å². The molecule has 1 fully saturated rings. The molecule has 0 bridgehead atoms. The predicted molar refractivity (Wildman–Crippen MR) is 143 cm³/mol. The molecule has 3 aromatic carbocycles. The molecule has 0 amide bonds. The van der Waals surface area contributed by atoms with Crippen molar-refractivity contribution in [1.29, 1.82) is 0 Å². The van der Waals surface area contributed by atoms with Crippen LogP contribution in [0, 0.1) is 0 Å². The van der Waals surface area contributed by atoms with E-state index in [4.69, 9.17) is 33.0 Å². The fourth-order valence-corrected chi connectivity index (χ4v) is 5.00. The summed E-state index contributed by atoms with van der Waals surface area (Å²) in [5.41, 5.74) is 3.62. The minimum absolute atomic E-state index is 0.143. The first-order chi connectivity index (χ1) is 17.0. The molecule has 2 aliphatic rings. The van der Waals surface area contributed by atoms with Crippen LogP contribution < -0.4 is 19.5 Å². The number of hydrogen-bond donors (Lipinski definition) is 0. The number of hydrazone groups is 1. The van der Waals surface area contributed by atoms with E-state index in [1.807, 2.05) is 47.4 Å². The first-order valence-corrected chi connectivity index (χ1v) is 12.3. The number of amidine groups is 1. The lowest BCUT2D eigenvalue weighted by atomic mass is 10.1. The third-order valence-corrected chi connectivity index (χ3v) is 7.14. The van der Waals surface area contributed by atoms with E-state index < -0.39 is 6.17 Å². The molecule has 6 nitrogen and oxygen atoms in total. The molecule has 5 rings (SSSR count). The highest BCUT2D eigenvalue weighted by atomic mass is 35.5. The van der Waals surface area contributed by atoms with Crippen molar-refractivity contribution in [2.75, 3.05) is 35.0 Å². The summed E-state index contributed by atoms with van der Waals surface area (Å²) in [6.45, 7) is 3.67. The van der Waals surface area contributed by atoms with Crippen LogP contribution in [-0.4, -0.2) is 31.8 Å². The van der Waals surface area contributed by atoms with E-state index in [9.17, 15) is 4.79 Å². The Morgan fingerprint density at radius 1 is 0.914 bits per heavy atom. The molecule has 1 saturated heterocycles. The number of anilines is 3. The molecule has 35 heavy (non-hydrogen) atoms. The lowest BCUT2D eigenvalue weighted by molar-refractivity contribution is -0.111. The number of ketones is 1. The normalized spacial score (nSPS) is 17.7. The summed E-state index contributed by atoms with van der Waals surface area (Å²) < 4.78 is 5.71. The number of carbonyl (C=O) groups is 1. The van der Waals surface area contributed by atoms with E-state index in [0.717, 1.165) is 24.3 Å². The lowest BCUT2D eigenvalue weighted by Crippen LogP contribution is -2.38. The summed E-state index contributed by atoms with van der Waals surface area (Å²) in [6, 6.07) is 21.4. The molecule has 0 saturated carbocycles. The summed E-state index contributed by atoms with van der Waals surface area (Å²) in [5.74, 6) is 0.887. The van der Waals surface area contributed by atoms with Gasteiger partial charge in [0.2, 0.25) is 0 Å². The van der Waals surface area contributed by atoms with Crippen LogP contribution in [0.1, 0.15) is 31.5 Å². The number of para-hydroxylation sites is 1. The standard InChI is InChI=1S/C27H26Cl2N4O2/c1-18(34)26-30-33(21-13-14-23(28)24(29)17-21)27(22-7-3-4-8-25(22)35-2)32(26)20-11-9-19(10-12-20)31-15-5-6-16-31/h3-4,7-14,17,27H,5-6,15-16H2,1-2H3/t27-/m0/s1. The van der Waals surface area contributed by atoms with Crippen molar-refractivity contribution < 1.29 is 9.53 Å². The van der Waals surface area contributed by atoms with Gasteiger partial charge in [0, 0.05) is 37.0 Å². The number of benzene rings is 3. The Balaban J connectivity index is 1.64. The van der Waals surface area contributed by atoms with Gasteiger partial charge >= 0.3 is 0 Å². The highest BCUT2D eigenvalue weighted by Crippen LogP contribution is 2.43. The van der Waals surface area contributed by atoms with Crippen LogP contribution >= 0.6 is 23.2 Å². The van der Waals surface area contributed by atoms with Crippen molar-refractivity contribution in [3.05, 3.63) is 82.3 Å². The van der Waals surface area contributed by atoms with Crippen LogP contribution in [0.3, 0.4) is 0 Å².